The van der Waals surface area contributed by atoms with Gasteiger partial charge in [0.05, 0.1) is 5.39 Å². The van der Waals surface area contributed by atoms with Crippen LogP contribution in [0.3, 0.4) is 0 Å². The zero-order valence-electron chi connectivity index (χ0n) is 16.1. The van der Waals surface area contributed by atoms with E-state index in [1.54, 1.807) is 0 Å². The van der Waals surface area contributed by atoms with Crippen LogP contribution >= 0.6 is 22.6 Å². The molecule has 0 spiro atoms. The first kappa shape index (κ1) is 18.8. The number of nitrogen functional groups attached to an aromatic ring is 1. The number of fused-ring (bicyclic) bond motifs is 1. The summed E-state index contributed by atoms with van der Waals surface area (Å²) in [5, 5.41) is 5.72. The third-order valence-corrected chi connectivity index (χ3v) is 6.00. The first-order chi connectivity index (χ1) is 14.7. The number of benzene rings is 3. The molecule has 0 atom stereocenters. The van der Waals surface area contributed by atoms with Crippen molar-refractivity contribution in [3.05, 3.63) is 124 Å². The monoisotopic (exact) mass is 502 g/mol. The van der Waals surface area contributed by atoms with Gasteiger partial charge in [-0.15, -0.1) is 0 Å². The molecule has 0 aliphatic carbocycles. The second-order valence-electron chi connectivity index (χ2n) is 7.13. The molecule has 5 heteroatoms. The van der Waals surface area contributed by atoms with E-state index >= 15 is 0 Å². The topological polar surface area (TPSA) is 56.7 Å². The van der Waals surface area contributed by atoms with Crippen molar-refractivity contribution < 1.29 is 0 Å². The fourth-order valence-electron chi connectivity index (χ4n) is 4.14. The van der Waals surface area contributed by atoms with Gasteiger partial charge in [-0.05, 0) is 45.3 Å². The van der Waals surface area contributed by atoms with E-state index in [0.29, 0.717) is 5.82 Å². The molecule has 0 fully saturated rings. The van der Waals surface area contributed by atoms with Crippen LogP contribution in [0.2, 0.25) is 0 Å². The van der Waals surface area contributed by atoms with Crippen LogP contribution in [0.5, 0.6) is 0 Å². The lowest BCUT2D eigenvalue weighted by molar-refractivity contribution is 0.474. The maximum absolute atomic E-state index is 6.40. The van der Waals surface area contributed by atoms with Gasteiger partial charge in [0.2, 0.25) is 0 Å². The minimum atomic E-state index is -0.723. The lowest BCUT2D eigenvalue weighted by Crippen LogP contribution is -2.38. The zero-order chi connectivity index (χ0) is 20.6. The molecule has 30 heavy (non-hydrogen) atoms. The number of nitrogens with two attached hydrogens (primary N) is 1. The lowest BCUT2D eigenvalue weighted by Gasteiger charge is -2.36. The lowest BCUT2D eigenvalue weighted by atomic mass is 9.77. The van der Waals surface area contributed by atoms with Crippen molar-refractivity contribution in [3.8, 4) is 0 Å². The summed E-state index contributed by atoms with van der Waals surface area (Å²) in [5.41, 5.74) is 9.70. The Labute approximate surface area is 188 Å². The second kappa shape index (κ2) is 7.57. The molecule has 0 unspecified atom stereocenters. The van der Waals surface area contributed by atoms with E-state index in [9.17, 15) is 0 Å². The van der Waals surface area contributed by atoms with Gasteiger partial charge in [0, 0.05) is 9.77 Å². The number of pyridine rings is 1. The van der Waals surface area contributed by atoms with Crippen LogP contribution in [0, 0.1) is 3.57 Å². The molecule has 0 bridgehead atoms. The molecular formula is C25H19IN4. The Morgan fingerprint density at radius 3 is 1.67 bits per heavy atom. The van der Waals surface area contributed by atoms with E-state index in [1.165, 1.54) is 0 Å². The Bertz CT molecular complexity index is 1200. The van der Waals surface area contributed by atoms with Gasteiger partial charge in [-0.3, -0.25) is 0 Å². The molecule has 5 aromatic rings. The fourth-order valence-corrected chi connectivity index (χ4v) is 4.59. The van der Waals surface area contributed by atoms with Crippen LogP contribution in [0.1, 0.15) is 16.7 Å². The smallest absolute Gasteiger partial charge is 0.161 e. The summed E-state index contributed by atoms with van der Waals surface area (Å²) in [5.74, 6) is 0.475. The number of hydrogen-bond donors (Lipinski definition) is 1. The van der Waals surface area contributed by atoms with Gasteiger partial charge in [-0.2, -0.15) is 5.10 Å². The minimum Gasteiger partial charge on any atom is -0.382 e. The standard InChI is InChI=1S/C25H19IN4/c26-21-16-22-23(27)29-30(24(22)28-17-21)25(18-10-4-1-5-11-18,19-12-6-2-7-13-19)20-14-8-3-9-15-20/h1-17H,(H2,27,29). The number of rotatable bonds is 4. The van der Waals surface area contributed by atoms with Crippen molar-refractivity contribution in [3.63, 3.8) is 0 Å². The normalized spacial score (nSPS) is 11.6. The van der Waals surface area contributed by atoms with Gasteiger partial charge in [-0.1, -0.05) is 91.0 Å². The minimum absolute atomic E-state index is 0.475. The largest absolute Gasteiger partial charge is 0.382 e. The summed E-state index contributed by atoms with van der Waals surface area (Å²) in [4.78, 5) is 4.76. The Hall–Kier alpha value is -3.19. The highest BCUT2D eigenvalue weighted by atomic mass is 127. The summed E-state index contributed by atoms with van der Waals surface area (Å²) >= 11 is 2.25. The number of anilines is 1. The maximum Gasteiger partial charge on any atom is 0.161 e. The number of nitrogens with zero attached hydrogens (tertiary/aromatic N) is 3. The van der Waals surface area contributed by atoms with E-state index in [2.05, 4.69) is 95.4 Å². The molecule has 0 aliphatic rings. The first-order valence-electron chi connectivity index (χ1n) is 9.68. The molecule has 4 nitrogen and oxygen atoms in total. The van der Waals surface area contributed by atoms with E-state index in [1.807, 2.05) is 35.1 Å². The average Bonchev–Trinajstić information content (AvgIpc) is 3.12. The van der Waals surface area contributed by atoms with Crippen LogP contribution in [-0.4, -0.2) is 14.8 Å². The van der Waals surface area contributed by atoms with Crippen LogP contribution < -0.4 is 5.73 Å². The number of aromatic nitrogens is 3. The molecule has 2 aromatic heterocycles. The Kier molecular flexibility index (Phi) is 4.75. The Morgan fingerprint density at radius 1 is 0.733 bits per heavy atom. The van der Waals surface area contributed by atoms with Crippen molar-refractivity contribution in [2.24, 2.45) is 0 Å². The molecule has 146 valence electrons. The van der Waals surface area contributed by atoms with Gasteiger partial charge < -0.3 is 5.73 Å². The molecule has 0 radical (unpaired) electrons. The van der Waals surface area contributed by atoms with Gasteiger partial charge in [0.25, 0.3) is 0 Å². The van der Waals surface area contributed by atoms with Crippen LogP contribution in [0.4, 0.5) is 5.82 Å². The quantitative estimate of drug-likeness (QED) is 0.263. The maximum atomic E-state index is 6.40. The molecule has 0 amide bonds. The Morgan fingerprint density at radius 2 is 1.20 bits per heavy atom. The summed E-state index contributed by atoms with van der Waals surface area (Å²) in [6, 6.07) is 33.3. The number of hydrogen-bond acceptors (Lipinski definition) is 3. The molecule has 0 saturated heterocycles. The van der Waals surface area contributed by atoms with Crippen molar-refractivity contribution in [1.29, 1.82) is 0 Å². The zero-order valence-corrected chi connectivity index (χ0v) is 18.3. The second-order valence-corrected chi connectivity index (χ2v) is 8.38. The summed E-state index contributed by atoms with van der Waals surface area (Å²) in [6.45, 7) is 0. The Balaban J connectivity index is 1.98. The van der Waals surface area contributed by atoms with Gasteiger partial charge >= 0.3 is 0 Å². The average molecular weight is 502 g/mol. The number of halogens is 1. The van der Waals surface area contributed by atoms with E-state index in [4.69, 9.17) is 15.8 Å². The summed E-state index contributed by atoms with van der Waals surface area (Å²) in [7, 11) is 0. The van der Waals surface area contributed by atoms with Gasteiger partial charge in [0.1, 0.15) is 5.54 Å². The predicted octanol–water partition coefficient (Wildman–Crippen LogP) is 5.46. The van der Waals surface area contributed by atoms with E-state index in [-0.39, 0.29) is 0 Å². The highest BCUT2D eigenvalue weighted by Gasteiger charge is 2.41. The van der Waals surface area contributed by atoms with E-state index < -0.39 is 5.54 Å². The van der Waals surface area contributed by atoms with Gasteiger partial charge in [0.15, 0.2) is 11.5 Å². The third-order valence-electron chi connectivity index (χ3n) is 5.41. The molecular weight excluding hydrogens is 483 g/mol. The summed E-state index contributed by atoms with van der Waals surface area (Å²) < 4.78 is 3.00. The van der Waals surface area contributed by atoms with E-state index in [0.717, 1.165) is 31.3 Å². The van der Waals surface area contributed by atoms with Crippen LogP contribution in [0.15, 0.2) is 103 Å². The van der Waals surface area contributed by atoms with Crippen molar-refractivity contribution in [2.45, 2.75) is 5.54 Å². The molecule has 3 aromatic carbocycles. The molecule has 2 heterocycles. The molecule has 0 saturated carbocycles. The molecule has 5 rings (SSSR count). The van der Waals surface area contributed by atoms with Crippen molar-refractivity contribution in [1.82, 2.24) is 14.8 Å². The van der Waals surface area contributed by atoms with Crippen molar-refractivity contribution in [2.75, 3.05) is 5.73 Å². The third kappa shape index (κ3) is 2.89. The molecule has 2 N–H and O–H groups in total. The van der Waals surface area contributed by atoms with Crippen molar-refractivity contribution >= 4 is 39.4 Å². The SMILES string of the molecule is Nc1nn(C(c2ccccc2)(c2ccccc2)c2ccccc2)c2ncc(I)cc12. The first-order valence-corrected chi connectivity index (χ1v) is 10.8. The molecule has 0 aliphatic heterocycles. The highest BCUT2D eigenvalue weighted by molar-refractivity contribution is 14.1. The highest BCUT2D eigenvalue weighted by Crippen LogP contribution is 2.42. The van der Waals surface area contributed by atoms with Crippen LogP contribution in [-0.2, 0) is 5.54 Å². The van der Waals surface area contributed by atoms with Crippen LogP contribution in [0.25, 0.3) is 11.0 Å². The predicted molar refractivity (Wildman–Crippen MR) is 129 cm³/mol. The van der Waals surface area contributed by atoms with Gasteiger partial charge in [-0.25, -0.2) is 9.67 Å². The fraction of sp³-hybridized carbons (Fsp3) is 0.0400. The summed E-state index contributed by atoms with van der Waals surface area (Å²) in [6.07, 6.45) is 1.85.